The number of rotatable bonds is 8. The van der Waals surface area contributed by atoms with E-state index in [1.807, 2.05) is 48.5 Å². The van der Waals surface area contributed by atoms with Crippen LogP contribution in [0.15, 0.2) is 72.8 Å². The first-order valence-corrected chi connectivity index (χ1v) is 11.4. The van der Waals surface area contributed by atoms with Gasteiger partial charge in [0.2, 0.25) is 5.91 Å². The minimum absolute atomic E-state index is 0.115. The van der Waals surface area contributed by atoms with E-state index in [0.717, 1.165) is 23.2 Å². The maximum Gasteiger partial charge on any atom is 0.336 e. The monoisotopic (exact) mass is 500 g/mol. The number of anilines is 1. The number of ether oxygens (including phenoxy) is 1. The summed E-state index contributed by atoms with van der Waals surface area (Å²) >= 11 is 17.9. The van der Waals surface area contributed by atoms with E-state index in [1.54, 1.807) is 28.9 Å². The Morgan fingerprint density at radius 1 is 0.970 bits per heavy atom. The lowest BCUT2D eigenvalue weighted by Crippen LogP contribution is -2.12. The Bertz CT molecular complexity index is 1240. The van der Waals surface area contributed by atoms with Gasteiger partial charge in [0.05, 0.1) is 22.3 Å². The van der Waals surface area contributed by atoms with E-state index in [4.69, 9.17) is 39.5 Å². The highest BCUT2D eigenvalue weighted by Crippen LogP contribution is 2.30. The van der Waals surface area contributed by atoms with Crippen molar-refractivity contribution in [1.29, 1.82) is 0 Å². The standard InChI is InChI=1S/C24H19Cl3N4O2/c25-15-22(32)28-18-7-9-19(10-8-18)31-23(17-6-11-20(26)21(27)14-17)29-24(30-31)33-13-12-16-4-2-1-3-5-16/h1-11,14H,12-13,15H2,(H,28,32). The number of hydrogen-bond donors (Lipinski definition) is 1. The second-order valence-electron chi connectivity index (χ2n) is 7.07. The van der Waals surface area contributed by atoms with Gasteiger partial charge in [-0.3, -0.25) is 4.79 Å². The average molecular weight is 502 g/mol. The molecule has 0 saturated carbocycles. The minimum atomic E-state index is -0.282. The van der Waals surface area contributed by atoms with E-state index in [2.05, 4.69) is 15.4 Å². The highest BCUT2D eigenvalue weighted by Gasteiger charge is 2.16. The van der Waals surface area contributed by atoms with E-state index in [-0.39, 0.29) is 17.8 Å². The molecule has 6 nitrogen and oxygen atoms in total. The Morgan fingerprint density at radius 3 is 2.42 bits per heavy atom. The molecule has 4 rings (SSSR count). The van der Waals surface area contributed by atoms with Crippen molar-refractivity contribution in [1.82, 2.24) is 14.8 Å². The predicted molar refractivity (Wildman–Crippen MR) is 132 cm³/mol. The van der Waals surface area contributed by atoms with Gasteiger partial charge in [0.15, 0.2) is 5.82 Å². The normalized spacial score (nSPS) is 10.8. The maximum atomic E-state index is 11.5. The number of alkyl halides is 1. The number of nitrogens with zero attached hydrogens (tertiary/aromatic N) is 3. The Hall–Kier alpha value is -3.06. The van der Waals surface area contributed by atoms with Gasteiger partial charge in [-0.05, 0) is 48.0 Å². The van der Waals surface area contributed by atoms with Crippen LogP contribution in [0.3, 0.4) is 0 Å². The van der Waals surface area contributed by atoms with E-state index in [0.29, 0.717) is 28.2 Å². The average Bonchev–Trinajstić information content (AvgIpc) is 3.26. The number of benzene rings is 3. The van der Waals surface area contributed by atoms with Crippen LogP contribution in [0.5, 0.6) is 6.01 Å². The van der Waals surface area contributed by atoms with Gasteiger partial charge in [0.25, 0.3) is 0 Å². The number of nitrogens with one attached hydrogen (secondary N) is 1. The fraction of sp³-hybridized carbons (Fsp3) is 0.125. The second-order valence-corrected chi connectivity index (χ2v) is 8.15. The van der Waals surface area contributed by atoms with Crippen LogP contribution in [-0.2, 0) is 11.2 Å². The van der Waals surface area contributed by atoms with Crippen molar-refractivity contribution in [2.45, 2.75) is 6.42 Å². The van der Waals surface area contributed by atoms with Gasteiger partial charge in [-0.15, -0.1) is 16.7 Å². The van der Waals surface area contributed by atoms with Crippen molar-refractivity contribution < 1.29 is 9.53 Å². The molecule has 4 aromatic rings. The summed E-state index contributed by atoms with van der Waals surface area (Å²) < 4.78 is 7.50. The van der Waals surface area contributed by atoms with Crippen molar-refractivity contribution in [3.8, 4) is 23.1 Å². The van der Waals surface area contributed by atoms with Gasteiger partial charge in [-0.1, -0.05) is 53.5 Å². The number of hydrogen-bond acceptors (Lipinski definition) is 4. The summed E-state index contributed by atoms with van der Waals surface area (Å²) in [6.07, 6.45) is 0.729. The van der Waals surface area contributed by atoms with Crippen LogP contribution >= 0.6 is 34.8 Å². The smallest absolute Gasteiger partial charge is 0.336 e. The molecule has 0 aliphatic carbocycles. The van der Waals surface area contributed by atoms with Gasteiger partial charge >= 0.3 is 6.01 Å². The topological polar surface area (TPSA) is 69.0 Å². The first-order valence-electron chi connectivity index (χ1n) is 10.1. The molecule has 0 aliphatic rings. The maximum absolute atomic E-state index is 11.5. The van der Waals surface area contributed by atoms with E-state index >= 15 is 0 Å². The Kier molecular flexibility index (Phi) is 7.50. The van der Waals surface area contributed by atoms with Crippen LogP contribution in [0.4, 0.5) is 5.69 Å². The molecule has 3 aromatic carbocycles. The summed E-state index contributed by atoms with van der Waals surface area (Å²) in [6.45, 7) is 0.429. The van der Waals surface area contributed by atoms with Crippen molar-refractivity contribution >= 4 is 46.4 Å². The third-order valence-electron chi connectivity index (χ3n) is 4.75. The summed E-state index contributed by atoms with van der Waals surface area (Å²) in [6, 6.07) is 22.7. The molecular weight excluding hydrogens is 483 g/mol. The van der Waals surface area contributed by atoms with Gasteiger partial charge in [-0.25, -0.2) is 4.68 Å². The summed E-state index contributed by atoms with van der Waals surface area (Å²) in [5.41, 5.74) is 3.25. The lowest BCUT2D eigenvalue weighted by Gasteiger charge is -2.08. The molecule has 0 bridgehead atoms. The molecule has 0 atom stereocenters. The van der Waals surface area contributed by atoms with Crippen LogP contribution in [0.1, 0.15) is 5.56 Å². The molecular formula is C24H19Cl3N4O2. The molecule has 1 aromatic heterocycles. The molecule has 0 saturated heterocycles. The van der Waals surface area contributed by atoms with Gasteiger partial charge in [0, 0.05) is 17.7 Å². The van der Waals surface area contributed by atoms with Crippen molar-refractivity contribution in [2.75, 3.05) is 17.8 Å². The Morgan fingerprint density at radius 2 is 1.73 bits per heavy atom. The predicted octanol–water partition coefficient (Wildman–Crippen LogP) is 6.04. The summed E-state index contributed by atoms with van der Waals surface area (Å²) in [5, 5.41) is 8.11. The summed E-state index contributed by atoms with van der Waals surface area (Å²) in [7, 11) is 0. The Labute approximate surface area is 206 Å². The second kappa shape index (κ2) is 10.7. The van der Waals surface area contributed by atoms with E-state index in [1.165, 1.54) is 0 Å². The molecule has 0 spiro atoms. The number of aromatic nitrogens is 3. The van der Waals surface area contributed by atoms with Crippen LogP contribution in [0, 0.1) is 0 Å². The fourth-order valence-electron chi connectivity index (χ4n) is 3.14. The van der Waals surface area contributed by atoms with Crippen LogP contribution in [-0.4, -0.2) is 33.2 Å². The quantitative estimate of drug-likeness (QED) is 0.299. The van der Waals surface area contributed by atoms with Crippen molar-refractivity contribution in [3.05, 3.63) is 88.4 Å². The van der Waals surface area contributed by atoms with Crippen molar-refractivity contribution in [3.63, 3.8) is 0 Å². The first-order chi connectivity index (χ1) is 16.0. The van der Waals surface area contributed by atoms with Gasteiger partial charge in [0.1, 0.15) is 5.88 Å². The zero-order valence-electron chi connectivity index (χ0n) is 17.3. The lowest BCUT2D eigenvalue weighted by atomic mass is 10.2. The van der Waals surface area contributed by atoms with Crippen LogP contribution in [0.2, 0.25) is 10.0 Å². The zero-order chi connectivity index (χ0) is 23.2. The molecule has 1 amide bonds. The summed E-state index contributed by atoms with van der Waals surface area (Å²) in [5.74, 6) is 0.146. The molecule has 9 heteroatoms. The fourth-order valence-corrected chi connectivity index (χ4v) is 3.51. The molecule has 168 valence electrons. The number of carbonyl (C=O) groups is 1. The van der Waals surface area contributed by atoms with Crippen LogP contribution < -0.4 is 10.1 Å². The third kappa shape index (κ3) is 5.85. The highest BCUT2D eigenvalue weighted by atomic mass is 35.5. The Balaban J connectivity index is 1.62. The molecule has 33 heavy (non-hydrogen) atoms. The molecule has 0 fully saturated rings. The molecule has 1 N–H and O–H groups in total. The largest absolute Gasteiger partial charge is 0.462 e. The molecule has 0 radical (unpaired) electrons. The van der Waals surface area contributed by atoms with E-state index < -0.39 is 0 Å². The molecule has 1 heterocycles. The number of carbonyl (C=O) groups excluding carboxylic acids is 1. The van der Waals surface area contributed by atoms with Crippen molar-refractivity contribution in [2.24, 2.45) is 0 Å². The SMILES string of the molecule is O=C(CCl)Nc1ccc(-n2nc(OCCc3ccccc3)nc2-c2ccc(Cl)c(Cl)c2)cc1. The third-order valence-corrected chi connectivity index (χ3v) is 5.73. The highest BCUT2D eigenvalue weighted by molar-refractivity contribution is 6.42. The molecule has 0 unspecified atom stereocenters. The number of halogens is 3. The van der Waals surface area contributed by atoms with Gasteiger partial charge in [-0.2, -0.15) is 4.98 Å². The zero-order valence-corrected chi connectivity index (χ0v) is 19.6. The first kappa shape index (κ1) is 23.1. The van der Waals surface area contributed by atoms with Crippen LogP contribution in [0.25, 0.3) is 17.1 Å². The lowest BCUT2D eigenvalue weighted by molar-refractivity contribution is -0.113. The minimum Gasteiger partial charge on any atom is -0.462 e. The van der Waals surface area contributed by atoms with E-state index in [9.17, 15) is 4.79 Å². The number of amides is 1. The molecule has 0 aliphatic heterocycles. The van der Waals surface area contributed by atoms with Gasteiger partial charge < -0.3 is 10.1 Å². The summed E-state index contributed by atoms with van der Waals surface area (Å²) in [4.78, 5) is 16.1.